The lowest BCUT2D eigenvalue weighted by Crippen LogP contribution is -1.97. The van der Waals surface area contributed by atoms with Crippen molar-refractivity contribution in [3.05, 3.63) is 71.1 Å². The lowest BCUT2D eigenvalue weighted by atomic mass is 10.1. The van der Waals surface area contributed by atoms with Crippen LogP contribution in [0.1, 0.15) is 15.9 Å². The number of benzene rings is 2. The molecule has 27 heavy (non-hydrogen) atoms. The number of carbonyl (C=O) groups excluding carboxylic acids is 1. The Labute approximate surface area is 162 Å². The number of rotatable bonds is 7. The molecule has 0 atom stereocenters. The second-order valence-electron chi connectivity index (χ2n) is 5.73. The maximum absolute atomic E-state index is 12.6. The van der Waals surface area contributed by atoms with E-state index in [4.69, 9.17) is 14.2 Å². The number of methoxy groups -OCH3 is 3. The van der Waals surface area contributed by atoms with E-state index in [0.717, 1.165) is 16.0 Å². The van der Waals surface area contributed by atoms with Crippen LogP contribution in [0, 0.1) is 0 Å². The molecule has 0 saturated heterocycles. The average Bonchev–Trinajstić information content (AvgIpc) is 3.26. The third-order valence-electron chi connectivity index (χ3n) is 4.09. The van der Waals surface area contributed by atoms with E-state index >= 15 is 0 Å². The molecule has 4 nitrogen and oxygen atoms in total. The van der Waals surface area contributed by atoms with Gasteiger partial charge in [0, 0.05) is 22.1 Å². The third kappa shape index (κ3) is 4.38. The minimum atomic E-state index is -0.143. The molecule has 0 N–H and O–H groups in total. The summed E-state index contributed by atoms with van der Waals surface area (Å²) >= 11 is 1.67. The Hall–Kier alpha value is -3.05. The molecule has 0 spiro atoms. The van der Waals surface area contributed by atoms with E-state index in [1.165, 1.54) is 6.08 Å². The predicted molar refractivity (Wildman–Crippen MR) is 109 cm³/mol. The Morgan fingerprint density at radius 2 is 1.67 bits per heavy atom. The molecular weight excluding hydrogens is 360 g/mol. The van der Waals surface area contributed by atoms with Crippen molar-refractivity contribution in [1.29, 1.82) is 0 Å². The van der Waals surface area contributed by atoms with E-state index < -0.39 is 0 Å². The molecule has 3 aromatic rings. The minimum absolute atomic E-state index is 0.143. The Kier molecular flexibility index (Phi) is 5.94. The van der Waals surface area contributed by atoms with Crippen molar-refractivity contribution in [3.63, 3.8) is 0 Å². The molecule has 1 heterocycles. The summed E-state index contributed by atoms with van der Waals surface area (Å²) in [5.41, 5.74) is 2.42. The first kappa shape index (κ1) is 18.7. The molecule has 0 fully saturated rings. The summed E-state index contributed by atoms with van der Waals surface area (Å²) in [5, 5.41) is 2.04. The number of hydrogen-bond donors (Lipinski definition) is 0. The van der Waals surface area contributed by atoms with E-state index in [1.807, 2.05) is 29.6 Å². The van der Waals surface area contributed by atoms with Gasteiger partial charge in [0.1, 0.15) is 17.2 Å². The van der Waals surface area contributed by atoms with Crippen LogP contribution in [0.3, 0.4) is 0 Å². The van der Waals surface area contributed by atoms with E-state index in [9.17, 15) is 4.79 Å². The molecule has 3 rings (SSSR count). The van der Waals surface area contributed by atoms with Crippen molar-refractivity contribution < 1.29 is 19.0 Å². The van der Waals surface area contributed by atoms with E-state index in [2.05, 4.69) is 6.07 Å². The molecule has 0 unspecified atom stereocenters. The van der Waals surface area contributed by atoms with Gasteiger partial charge in [0.25, 0.3) is 0 Å². The minimum Gasteiger partial charge on any atom is -0.497 e. The maximum Gasteiger partial charge on any atom is 0.186 e. The Bertz CT molecular complexity index is 936. The summed E-state index contributed by atoms with van der Waals surface area (Å²) in [5.74, 6) is 1.71. The lowest BCUT2D eigenvalue weighted by Gasteiger charge is -2.08. The second kappa shape index (κ2) is 8.56. The highest BCUT2D eigenvalue weighted by molar-refractivity contribution is 7.13. The van der Waals surface area contributed by atoms with E-state index in [-0.39, 0.29) is 5.78 Å². The molecule has 1 aromatic heterocycles. The van der Waals surface area contributed by atoms with Crippen molar-refractivity contribution in [1.82, 2.24) is 0 Å². The van der Waals surface area contributed by atoms with Crippen LogP contribution in [-0.2, 0) is 0 Å². The van der Waals surface area contributed by atoms with Gasteiger partial charge in [0.15, 0.2) is 5.78 Å². The largest absolute Gasteiger partial charge is 0.497 e. The van der Waals surface area contributed by atoms with Crippen molar-refractivity contribution in [3.8, 4) is 27.7 Å². The van der Waals surface area contributed by atoms with Crippen molar-refractivity contribution >= 4 is 23.2 Å². The number of hydrogen-bond acceptors (Lipinski definition) is 5. The number of thiophene rings is 1. The van der Waals surface area contributed by atoms with Gasteiger partial charge in [-0.25, -0.2) is 0 Å². The SMILES string of the molecule is COc1cc(OC)cc(C(=O)/C=C/c2cc(-c3cccs3)ccc2OC)c1. The topological polar surface area (TPSA) is 44.8 Å². The van der Waals surface area contributed by atoms with E-state index in [0.29, 0.717) is 22.8 Å². The normalized spacial score (nSPS) is 10.8. The van der Waals surface area contributed by atoms with E-state index in [1.54, 1.807) is 56.9 Å². The van der Waals surface area contributed by atoms with Gasteiger partial charge < -0.3 is 14.2 Å². The highest BCUT2D eigenvalue weighted by atomic mass is 32.1. The Morgan fingerprint density at radius 3 is 2.26 bits per heavy atom. The molecule has 5 heteroatoms. The molecule has 0 amide bonds. The van der Waals surface area contributed by atoms with Crippen LogP contribution in [0.2, 0.25) is 0 Å². The van der Waals surface area contributed by atoms with Crippen LogP contribution >= 0.6 is 11.3 Å². The lowest BCUT2D eigenvalue weighted by molar-refractivity contribution is 0.104. The Morgan fingerprint density at radius 1 is 0.926 bits per heavy atom. The number of allylic oxidation sites excluding steroid dienone is 1. The molecule has 0 aliphatic carbocycles. The van der Waals surface area contributed by atoms with Gasteiger partial charge in [-0.2, -0.15) is 0 Å². The van der Waals surface area contributed by atoms with Gasteiger partial charge in [-0.15, -0.1) is 11.3 Å². The van der Waals surface area contributed by atoms with Gasteiger partial charge in [0.2, 0.25) is 0 Å². The molecule has 0 aliphatic heterocycles. The summed E-state index contributed by atoms with van der Waals surface area (Å²) in [4.78, 5) is 13.8. The summed E-state index contributed by atoms with van der Waals surface area (Å²) in [6.45, 7) is 0. The summed E-state index contributed by atoms with van der Waals surface area (Å²) < 4.78 is 15.9. The highest BCUT2D eigenvalue weighted by Crippen LogP contribution is 2.30. The molecule has 0 saturated carbocycles. The molecule has 0 radical (unpaired) electrons. The van der Waals surface area contributed by atoms with Crippen LogP contribution in [0.4, 0.5) is 0 Å². The van der Waals surface area contributed by atoms with Crippen LogP contribution in [0.25, 0.3) is 16.5 Å². The molecular formula is C22H20O4S. The van der Waals surface area contributed by atoms with Crippen LogP contribution in [0.15, 0.2) is 60.0 Å². The first-order valence-corrected chi connectivity index (χ1v) is 9.20. The maximum atomic E-state index is 12.6. The fourth-order valence-electron chi connectivity index (χ4n) is 2.67. The smallest absolute Gasteiger partial charge is 0.186 e. The van der Waals surface area contributed by atoms with Crippen molar-refractivity contribution in [2.24, 2.45) is 0 Å². The molecule has 0 bridgehead atoms. The first-order chi connectivity index (χ1) is 13.1. The standard InChI is InChI=1S/C22H20O4S/c1-24-18-12-17(13-19(14-18)25-2)20(23)8-6-15-11-16(7-9-21(15)26-3)22-5-4-10-27-22/h4-14H,1-3H3/b8-6+. The Balaban J connectivity index is 1.91. The van der Waals surface area contributed by atoms with Gasteiger partial charge in [-0.3, -0.25) is 4.79 Å². The average molecular weight is 380 g/mol. The quantitative estimate of drug-likeness (QED) is 0.410. The van der Waals surface area contributed by atoms with Gasteiger partial charge in [-0.05, 0) is 59.5 Å². The number of ketones is 1. The first-order valence-electron chi connectivity index (χ1n) is 8.32. The monoisotopic (exact) mass is 380 g/mol. The van der Waals surface area contributed by atoms with Gasteiger partial charge >= 0.3 is 0 Å². The summed E-state index contributed by atoms with van der Waals surface area (Å²) in [6.07, 6.45) is 3.30. The molecule has 2 aromatic carbocycles. The van der Waals surface area contributed by atoms with Crippen molar-refractivity contribution in [2.75, 3.05) is 21.3 Å². The zero-order valence-electron chi connectivity index (χ0n) is 15.4. The van der Waals surface area contributed by atoms with Gasteiger partial charge in [0.05, 0.1) is 21.3 Å². The number of ether oxygens (including phenoxy) is 3. The second-order valence-corrected chi connectivity index (χ2v) is 6.68. The van der Waals surface area contributed by atoms with Crippen LogP contribution in [0.5, 0.6) is 17.2 Å². The molecule has 138 valence electrons. The fourth-order valence-corrected chi connectivity index (χ4v) is 3.40. The van der Waals surface area contributed by atoms with Crippen LogP contribution in [-0.4, -0.2) is 27.1 Å². The van der Waals surface area contributed by atoms with Gasteiger partial charge in [-0.1, -0.05) is 6.07 Å². The summed E-state index contributed by atoms with van der Waals surface area (Å²) in [7, 11) is 4.73. The zero-order valence-corrected chi connectivity index (χ0v) is 16.2. The molecule has 0 aliphatic rings. The number of carbonyl (C=O) groups is 1. The third-order valence-corrected chi connectivity index (χ3v) is 5.00. The predicted octanol–water partition coefficient (Wildman–Crippen LogP) is 5.34. The zero-order chi connectivity index (χ0) is 19.2. The van der Waals surface area contributed by atoms with Crippen LogP contribution < -0.4 is 14.2 Å². The fraction of sp³-hybridized carbons (Fsp3) is 0.136. The van der Waals surface area contributed by atoms with Crippen molar-refractivity contribution in [2.45, 2.75) is 0 Å². The highest BCUT2D eigenvalue weighted by Gasteiger charge is 2.09. The summed E-state index contributed by atoms with van der Waals surface area (Å²) in [6, 6.07) is 15.1.